The molecular weight excluding hydrogens is 634 g/mol. The Morgan fingerprint density at radius 3 is 2.55 bits per heavy atom. The van der Waals surface area contributed by atoms with Gasteiger partial charge in [0.05, 0.1) is 18.6 Å². The van der Waals surface area contributed by atoms with Gasteiger partial charge in [-0.1, -0.05) is 58.4 Å². The third-order valence-corrected chi connectivity index (χ3v) is 9.51. The summed E-state index contributed by atoms with van der Waals surface area (Å²) < 4.78 is 18.8. The summed E-state index contributed by atoms with van der Waals surface area (Å²) in [5, 5.41) is 12.6. The third-order valence-electron chi connectivity index (χ3n) is 8.83. The first-order valence-corrected chi connectivity index (χ1v) is 15.9. The van der Waals surface area contributed by atoms with E-state index in [4.69, 9.17) is 14.2 Å². The quantitative estimate of drug-likeness (QED) is 0.333. The molecule has 0 saturated carbocycles. The molecule has 5 bridgehead atoms. The maximum Gasteiger partial charge on any atom is 0.313 e. The smallest absolute Gasteiger partial charge is 0.313 e. The Kier molecular flexibility index (Phi) is 9.93. The number of likely N-dealkylation sites (tertiary alicyclic amines) is 1. The Labute approximate surface area is 265 Å². The van der Waals surface area contributed by atoms with E-state index in [1.165, 1.54) is 12.0 Å². The number of carbonyl (C=O) groups is 4. The summed E-state index contributed by atoms with van der Waals surface area (Å²) in [5.41, 5.74) is -0.748. The van der Waals surface area contributed by atoms with Crippen molar-refractivity contribution in [3.63, 3.8) is 0 Å². The normalized spacial score (nSPS) is 33.4. The highest BCUT2D eigenvalue weighted by Crippen LogP contribution is 2.59. The third kappa shape index (κ3) is 5.84. The molecule has 0 aliphatic carbocycles. The van der Waals surface area contributed by atoms with Crippen molar-refractivity contribution in [2.24, 2.45) is 11.8 Å². The highest BCUT2D eigenvalue weighted by Gasteiger charge is 2.75. The number of hydrogen-bond acceptors (Lipinski definition) is 8. The molecule has 0 unspecified atom stereocenters. The van der Waals surface area contributed by atoms with Crippen LogP contribution in [0.25, 0.3) is 0 Å². The average Bonchev–Trinajstić information content (AvgIpc) is 3.59. The predicted octanol–water partition coefficient (Wildman–Crippen LogP) is 2.24. The van der Waals surface area contributed by atoms with Gasteiger partial charge in [0, 0.05) is 43.8 Å². The molecule has 2 fully saturated rings. The average molecular weight is 675 g/mol. The maximum atomic E-state index is 14.4. The number of aliphatic hydroxyl groups excluding tert-OH is 1. The Morgan fingerprint density at radius 1 is 1.11 bits per heavy atom. The minimum atomic E-state index is -1.40. The molecule has 1 aromatic carbocycles. The van der Waals surface area contributed by atoms with Crippen molar-refractivity contribution in [3.05, 3.63) is 58.6 Å². The van der Waals surface area contributed by atoms with Crippen LogP contribution < -0.4 is 5.32 Å². The SMILES string of the molecule is COC[C@H]1NC(=O)CC/C=C\CN(C(C)C)C(=O)[C@@H]2N(CCCO)C(=O)[C@H]3[C@H](C(=O)O[C@@H]1c1ccccc1)[C@H]1O[C@@]23C=C1Br. The van der Waals surface area contributed by atoms with Crippen LogP contribution in [-0.4, -0.2) is 102 Å². The summed E-state index contributed by atoms with van der Waals surface area (Å²) in [6, 6.07) is 7.11. The molecule has 44 heavy (non-hydrogen) atoms. The van der Waals surface area contributed by atoms with Crippen molar-refractivity contribution in [1.82, 2.24) is 15.1 Å². The number of hydrogen-bond donors (Lipinski definition) is 2. The molecule has 4 heterocycles. The summed E-state index contributed by atoms with van der Waals surface area (Å²) in [5.74, 6) is -3.68. The van der Waals surface area contributed by atoms with Crippen molar-refractivity contribution in [2.75, 3.05) is 33.4 Å². The van der Waals surface area contributed by atoms with E-state index in [2.05, 4.69) is 21.2 Å². The molecule has 12 heteroatoms. The minimum absolute atomic E-state index is 0.0732. The van der Waals surface area contributed by atoms with Gasteiger partial charge in [0.1, 0.15) is 29.8 Å². The van der Waals surface area contributed by atoms with Gasteiger partial charge in [-0.25, -0.2) is 0 Å². The number of rotatable bonds is 7. The van der Waals surface area contributed by atoms with E-state index in [-0.39, 0.29) is 57.0 Å². The molecule has 3 amide bonds. The van der Waals surface area contributed by atoms with Crippen molar-refractivity contribution in [3.8, 4) is 0 Å². The molecule has 0 aromatic heterocycles. The van der Waals surface area contributed by atoms with Crippen LogP contribution in [0, 0.1) is 11.8 Å². The molecule has 1 aromatic rings. The topological polar surface area (TPSA) is 135 Å². The van der Waals surface area contributed by atoms with Crippen LogP contribution >= 0.6 is 15.9 Å². The van der Waals surface area contributed by atoms with Crippen LogP contribution in [0.5, 0.6) is 0 Å². The zero-order valence-corrected chi connectivity index (χ0v) is 26.8. The largest absolute Gasteiger partial charge is 0.455 e. The van der Waals surface area contributed by atoms with Crippen LogP contribution in [-0.2, 0) is 33.4 Å². The van der Waals surface area contributed by atoms with Crippen molar-refractivity contribution < 1.29 is 38.5 Å². The number of allylic oxidation sites excluding steroid dienone is 1. The summed E-state index contributed by atoms with van der Waals surface area (Å²) >= 11 is 3.56. The number of halogens is 1. The van der Waals surface area contributed by atoms with E-state index in [1.807, 2.05) is 44.2 Å². The highest BCUT2D eigenvalue weighted by molar-refractivity contribution is 9.11. The number of methoxy groups -OCH3 is 1. The second-order valence-corrected chi connectivity index (χ2v) is 12.8. The molecule has 0 radical (unpaired) electrons. The number of cyclic esters (lactones) is 1. The number of nitrogens with one attached hydrogen (secondary N) is 1. The van der Waals surface area contributed by atoms with Crippen molar-refractivity contribution >= 4 is 39.6 Å². The van der Waals surface area contributed by atoms with Gasteiger partial charge in [0.2, 0.25) is 17.7 Å². The molecule has 4 aliphatic rings. The lowest BCUT2D eigenvalue weighted by Gasteiger charge is -2.37. The van der Waals surface area contributed by atoms with Gasteiger partial charge in [0.15, 0.2) is 0 Å². The van der Waals surface area contributed by atoms with Crippen LogP contribution in [0.15, 0.2) is 53.0 Å². The number of ether oxygens (including phenoxy) is 3. The maximum absolute atomic E-state index is 14.4. The number of nitrogens with zero attached hydrogens (tertiary/aromatic N) is 2. The summed E-state index contributed by atoms with van der Waals surface area (Å²) in [7, 11) is 1.51. The van der Waals surface area contributed by atoms with Gasteiger partial charge >= 0.3 is 5.97 Å². The van der Waals surface area contributed by atoms with Crippen LogP contribution in [0.4, 0.5) is 0 Å². The molecule has 1 spiro atoms. The fourth-order valence-electron chi connectivity index (χ4n) is 6.87. The second-order valence-electron chi connectivity index (χ2n) is 11.9. The molecule has 2 N–H and O–H groups in total. The predicted molar refractivity (Wildman–Crippen MR) is 163 cm³/mol. The van der Waals surface area contributed by atoms with Crippen LogP contribution in [0.1, 0.15) is 44.8 Å². The number of amides is 3. The zero-order valence-electron chi connectivity index (χ0n) is 25.2. The van der Waals surface area contributed by atoms with E-state index in [0.717, 1.165) is 0 Å². The fourth-order valence-corrected chi connectivity index (χ4v) is 7.61. The Balaban J connectivity index is 1.62. The van der Waals surface area contributed by atoms with Gasteiger partial charge < -0.3 is 34.4 Å². The standard InChI is InChI=1S/C32H40BrN3O8/c1-19(2)35-14-9-5-8-13-23(38)34-22(18-42-3)26(20-11-6-4-7-12-20)43-31(41)24-25-29(39)36(15-10-16-37)28(30(35)40)32(25)17-21(33)27(24)44-32/h4-7,9,11-12,17,19,22,24-28,37H,8,10,13-16,18H2,1-3H3,(H,34,38)/b9-5-/t22-,24+,25-,26-,27+,28+,32-/m1/s1. The van der Waals surface area contributed by atoms with Gasteiger partial charge in [-0.3, -0.25) is 19.2 Å². The minimum Gasteiger partial charge on any atom is -0.455 e. The highest BCUT2D eigenvalue weighted by atomic mass is 79.9. The van der Waals surface area contributed by atoms with Gasteiger partial charge in [-0.15, -0.1) is 0 Å². The van der Waals surface area contributed by atoms with E-state index < -0.39 is 53.6 Å². The zero-order chi connectivity index (χ0) is 31.6. The van der Waals surface area contributed by atoms with Crippen molar-refractivity contribution in [1.29, 1.82) is 0 Å². The van der Waals surface area contributed by atoms with Crippen molar-refractivity contribution in [2.45, 2.75) is 69.0 Å². The summed E-state index contributed by atoms with van der Waals surface area (Å²) in [6.07, 6.45) is 4.59. The number of carbonyl (C=O) groups excluding carboxylic acids is 4. The van der Waals surface area contributed by atoms with E-state index in [0.29, 0.717) is 16.5 Å². The fraction of sp³-hybridized carbons (Fsp3) is 0.562. The lowest BCUT2D eigenvalue weighted by atomic mass is 9.74. The Bertz CT molecular complexity index is 1320. The molecule has 238 valence electrons. The lowest BCUT2D eigenvalue weighted by Crippen LogP contribution is -2.57. The molecule has 4 aliphatic heterocycles. The van der Waals surface area contributed by atoms with Gasteiger partial charge in [-0.05, 0) is 38.3 Å². The first-order chi connectivity index (χ1) is 21.1. The molecular formula is C32H40BrN3O8. The Morgan fingerprint density at radius 2 is 1.86 bits per heavy atom. The molecule has 5 rings (SSSR count). The monoisotopic (exact) mass is 673 g/mol. The van der Waals surface area contributed by atoms with Crippen LogP contribution in [0.3, 0.4) is 0 Å². The first kappa shape index (κ1) is 32.3. The van der Waals surface area contributed by atoms with Gasteiger partial charge in [0.25, 0.3) is 0 Å². The van der Waals surface area contributed by atoms with Gasteiger partial charge in [-0.2, -0.15) is 0 Å². The molecule has 11 nitrogen and oxygen atoms in total. The molecule has 2 saturated heterocycles. The summed E-state index contributed by atoms with van der Waals surface area (Å²) in [6.45, 7) is 4.08. The van der Waals surface area contributed by atoms with E-state index in [9.17, 15) is 24.3 Å². The van der Waals surface area contributed by atoms with E-state index >= 15 is 0 Å². The number of aliphatic hydroxyl groups is 1. The number of benzene rings is 1. The first-order valence-electron chi connectivity index (χ1n) is 15.1. The lowest BCUT2D eigenvalue weighted by molar-refractivity contribution is -0.162. The Hall–Kier alpha value is -3.06. The number of esters is 1. The van der Waals surface area contributed by atoms with Crippen LogP contribution in [0.2, 0.25) is 0 Å². The second kappa shape index (κ2) is 13.5. The van der Waals surface area contributed by atoms with E-state index in [1.54, 1.807) is 23.1 Å². The summed E-state index contributed by atoms with van der Waals surface area (Å²) in [4.78, 5) is 59.0. The number of fused-ring (bicyclic) bond motifs is 2. The molecule has 7 atom stereocenters.